The fraction of sp³-hybridized carbons (Fsp3) is 0.250. The standard InChI is InChI=1S/C16H18O3S/c1-13-6-8-16(9-7-13)20(17,18)19-11-10-15-5-3-4-14(2)12-15/h3-9,12H,10-11H2,1-2H3. The summed E-state index contributed by atoms with van der Waals surface area (Å²) in [6, 6.07) is 14.6. The van der Waals surface area contributed by atoms with Crippen LogP contribution in [-0.2, 0) is 20.7 Å². The third kappa shape index (κ3) is 3.92. The maximum atomic E-state index is 12.0. The van der Waals surface area contributed by atoms with Crippen LogP contribution in [0.3, 0.4) is 0 Å². The molecule has 0 fully saturated rings. The Bertz CT molecular complexity index is 673. The molecule has 0 bridgehead atoms. The summed E-state index contributed by atoms with van der Waals surface area (Å²) in [4.78, 5) is 0.201. The van der Waals surface area contributed by atoms with Gasteiger partial charge in [0, 0.05) is 0 Å². The van der Waals surface area contributed by atoms with E-state index in [0.717, 1.165) is 16.7 Å². The van der Waals surface area contributed by atoms with Gasteiger partial charge in [0.15, 0.2) is 0 Å². The first-order chi connectivity index (χ1) is 9.47. The highest BCUT2D eigenvalue weighted by atomic mass is 32.2. The molecule has 0 atom stereocenters. The molecule has 0 N–H and O–H groups in total. The fourth-order valence-corrected chi connectivity index (χ4v) is 2.82. The molecule has 0 radical (unpaired) electrons. The van der Waals surface area contributed by atoms with Crippen molar-refractivity contribution in [2.75, 3.05) is 6.61 Å². The van der Waals surface area contributed by atoms with Crippen LogP contribution < -0.4 is 0 Å². The van der Waals surface area contributed by atoms with Crippen molar-refractivity contribution in [1.29, 1.82) is 0 Å². The van der Waals surface area contributed by atoms with E-state index in [1.807, 2.05) is 38.1 Å². The van der Waals surface area contributed by atoms with Gasteiger partial charge >= 0.3 is 0 Å². The van der Waals surface area contributed by atoms with Crippen molar-refractivity contribution >= 4 is 10.1 Å². The van der Waals surface area contributed by atoms with Gasteiger partial charge in [-0.1, -0.05) is 47.5 Å². The van der Waals surface area contributed by atoms with E-state index in [1.54, 1.807) is 24.3 Å². The molecule has 2 rings (SSSR count). The Hall–Kier alpha value is -1.65. The number of aryl methyl sites for hydroxylation is 2. The minimum Gasteiger partial charge on any atom is -0.266 e. The van der Waals surface area contributed by atoms with Gasteiger partial charge in [0.2, 0.25) is 0 Å². The van der Waals surface area contributed by atoms with E-state index in [0.29, 0.717) is 6.42 Å². The van der Waals surface area contributed by atoms with Crippen molar-refractivity contribution in [1.82, 2.24) is 0 Å². The van der Waals surface area contributed by atoms with Crippen molar-refractivity contribution in [3.05, 3.63) is 65.2 Å². The van der Waals surface area contributed by atoms with Crippen LogP contribution in [0.15, 0.2) is 53.4 Å². The lowest BCUT2D eigenvalue weighted by molar-refractivity contribution is 0.322. The number of rotatable bonds is 5. The van der Waals surface area contributed by atoms with Crippen molar-refractivity contribution in [2.45, 2.75) is 25.2 Å². The molecule has 0 unspecified atom stereocenters. The van der Waals surface area contributed by atoms with Crippen LogP contribution in [0.25, 0.3) is 0 Å². The molecule has 4 heteroatoms. The minimum absolute atomic E-state index is 0.152. The van der Waals surface area contributed by atoms with Crippen molar-refractivity contribution in [2.24, 2.45) is 0 Å². The molecule has 0 aliphatic rings. The maximum Gasteiger partial charge on any atom is 0.296 e. The molecular weight excluding hydrogens is 272 g/mol. The summed E-state index contributed by atoms with van der Waals surface area (Å²) >= 11 is 0. The second-order valence-electron chi connectivity index (χ2n) is 4.83. The van der Waals surface area contributed by atoms with Gasteiger partial charge < -0.3 is 0 Å². The molecule has 0 saturated carbocycles. The molecule has 0 aliphatic heterocycles. The van der Waals surface area contributed by atoms with E-state index in [1.165, 1.54) is 0 Å². The Morgan fingerprint density at radius 3 is 2.30 bits per heavy atom. The second-order valence-corrected chi connectivity index (χ2v) is 6.44. The Kier molecular flexibility index (Phi) is 4.57. The number of hydrogen-bond acceptors (Lipinski definition) is 3. The first-order valence-corrected chi connectivity index (χ1v) is 7.90. The Balaban J connectivity index is 1.98. The van der Waals surface area contributed by atoms with Gasteiger partial charge in [-0.3, -0.25) is 4.18 Å². The largest absolute Gasteiger partial charge is 0.296 e. The molecule has 20 heavy (non-hydrogen) atoms. The molecule has 106 valence electrons. The average Bonchev–Trinajstić information content (AvgIpc) is 2.39. The van der Waals surface area contributed by atoms with E-state index >= 15 is 0 Å². The van der Waals surface area contributed by atoms with E-state index in [-0.39, 0.29) is 11.5 Å². The highest BCUT2D eigenvalue weighted by Gasteiger charge is 2.14. The van der Waals surface area contributed by atoms with E-state index in [2.05, 4.69) is 0 Å². The highest BCUT2D eigenvalue weighted by molar-refractivity contribution is 7.86. The fourth-order valence-electron chi connectivity index (χ4n) is 1.91. The van der Waals surface area contributed by atoms with Crippen LogP contribution in [0, 0.1) is 13.8 Å². The first-order valence-electron chi connectivity index (χ1n) is 6.49. The second kappa shape index (κ2) is 6.20. The lowest BCUT2D eigenvalue weighted by atomic mass is 10.1. The van der Waals surface area contributed by atoms with Gasteiger partial charge in [0.1, 0.15) is 0 Å². The zero-order chi connectivity index (χ0) is 14.6. The van der Waals surface area contributed by atoms with Crippen molar-refractivity contribution < 1.29 is 12.6 Å². The van der Waals surface area contributed by atoms with Crippen molar-refractivity contribution in [3.8, 4) is 0 Å². The minimum atomic E-state index is -3.66. The monoisotopic (exact) mass is 290 g/mol. The van der Waals surface area contributed by atoms with Crippen LogP contribution in [-0.4, -0.2) is 15.0 Å². The Labute approximate surface area is 120 Å². The third-order valence-electron chi connectivity index (χ3n) is 3.02. The summed E-state index contributed by atoms with van der Waals surface area (Å²) in [5, 5.41) is 0. The van der Waals surface area contributed by atoms with Crippen LogP contribution in [0.4, 0.5) is 0 Å². The zero-order valence-electron chi connectivity index (χ0n) is 11.7. The van der Waals surface area contributed by atoms with E-state index in [9.17, 15) is 8.42 Å². The number of hydrogen-bond donors (Lipinski definition) is 0. The first kappa shape index (κ1) is 14.8. The molecule has 2 aromatic carbocycles. The molecule has 0 aromatic heterocycles. The topological polar surface area (TPSA) is 43.4 Å². The van der Waals surface area contributed by atoms with Gasteiger partial charge in [0.25, 0.3) is 10.1 Å². The molecular formula is C16H18O3S. The average molecular weight is 290 g/mol. The van der Waals surface area contributed by atoms with Gasteiger partial charge in [-0.15, -0.1) is 0 Å². The van der Waals surface area contributed by atoms with Crippen molar-refractivity contribution in [3.63, 3.8) is 0 Å². The maximum absolute atomic E-state index is 12.0. The summed E-state index contributed by atoms with van der Waals surface area (Å²) in [7, 11) is -3.66. The summed E-state index contributed by atoms with van der Waals surface area (Å²) < 4.78 is 29.0. The number of benzene rings is 2. The third-order valence-corrected chi connectivity index (χ3v) is 4.35. The molecule has 0 aliphatic carbocycles. The SMILES string of the molecule is Cc1ccc(S(=O)(=O)OCCc2cccc(C)c2)cc1. The lowest BCUT2D eigenvalue weighted by Crippen LogP contribution is -2.09. The quantitative estimate of drug-likeness (QED) is 0.794. The zero-order valence-corrected chi connectivity index (χ0v) is 12.5. The van der Waals surface area contributed by atoms with Crippen LogP contribution in [0.2, 0.25) is 0 Å². The lowest BCUT2D eigenvalue weighted by Gasteiger charge is -2.06. The predicted octanol–water partition coefficient (Wildman–Crippen LogP) is 3.25. The molecule has 0 spiro atoms. The van der Waals surface area contributed by atoms with Gasteiger partial charge in [-0.05, 0) is 38.0 Å². The molecule has 0 saturated heterocycles. The Morgan fingerprint density at radius 2 is 1.65 bits per heavy atom. The summed E-state index contributed by atoms with van der Waals surface area (Å²) in [6.45, 7) is 4.07. The van der Waals surface area contributed by atoms with Crippen LogP contribution >= 0.6 is 0 Å². The highest BCUT2D eigenvalue weighted by Crippen LogP contribution is 2.14. The molecule has 3 nitrogen and oxygen atoms in total. The van der Waals surface area contributed by atoms with Crippen LogP contribution in [0.5, 0.6) is 0 Å². The predicted molar refractivity (Wildman–Crippen MR) is 79.2 cm³/mol. The van der Waals surface area contributed by atoms with E-state index < -0.39 is 10.1 Å². The van der Waals surface area contributed by atoms with Gasteiger partial charge in [0.05, 0.1) is 11.5 Å². The van der Waals surface area contributed by atoms with Gasteiger partial charge in [-0.2, -0.15) is 8.42 Å². The molecule has 2 aromatic rings. The molecule has 0 heterocycles. The van der Waals surface area contributed by atoms with Gasteiger partial charge in [-0.25, -0.2) is 0 Å². The van der Waals surface area contributed by atoms with E-state index in [4.69, 9.17) is 4.18 Å². The molecule has 0 amide bonds. The summed E-state index contributed by atoms with van der Waals surface area (Å²) in [5.74, 6) is 0. The normalized spacial score (nSPS) is 11.5. The summed E-state index contributed by atoms with van der Waals surface area (Å²) in [6.07, 6.45) is 0.576. The summed E-state index contributed by atoms with van der Waals surface area (Å²) in [5.41, 5.74) is 3.25. The Morgan fingerprint density at radius 1 is 0.950 bits per heavy atom. The van der Waals surface area contributed by atoms with Crippen LogP contribution in [0.1, 0.15) is 16.7 Å². The smallest absolute Gasteiger partial charge is 0.266 e.